The molecule has 0 bridgehead atoms. The Morgan fingerprint density at radius 1 is 1.31 bits per heavy atom. The topological polar surface area (TPSA) is 44.1 Å². The largest absolute Gasteiger partial charge is 0.347 e. The first-order valence-electron chi connectivity index (χ1n) is 5.03. The lowest BCUT2D eigenvalue weighted by Gasteiger charge is -2.15. The van der Waals surface area contributed by atoms with Gasteiger partial charge in [-0.2, -0.15) is 5.26 Å². The highest BCUT2D eigenvalue weighted by Gasteiger charge is 2.52. The van der Waals surface area contributed by atoms with Crippen LogP contribution in [0.25, 0.3) is 5.57 Å². The molecule has 0 fully saturated rings. The summed E-state index contributed by atoms with van der Waals surface area (Å²) in [6.07, 6.45) is 1.73. The summed E-state index contributed by atoms with van der Waals surface area (Å²) in [5, 5.41) is 9.16. The van der Waals surface area contributed by atoms with Gasteiger partial charge in [-0.3, -0.25) is 4.79 Å². The molecule has 1 aromatic carbocycles. The van der Waals surface area contributed by atoms with Crippen molar-refractivity contribution in [2.45, 2.75) is 0 Å². The van der Waals surface area contributed by atoms with Crippen molar-refractivity contribution in [3.63, 3.8) is 0 Å². The number of benzene rings is 1. The molecule has 1 atom stereocenters. The summed E-state index contributed by atoms with van der Waals surface area (Å²) >= 11 is 0. The molecule has 0 aromatic heterocycles. The first-order chi connectivity index (χ1) is 7.62. The number of nitrogens with zero attached hydrogens (tertiary/aromatic N) is 2. The third-order valence-corrected chi connectivity index (χ3v) is 2.71. The first kappa shape index (κ1) is 10.4. The molecule has 1 aromatic rings. The average molecular weight is 212 g/mol. The minimum atomic E-state index is -1.02. The number of carbonyl (C=O) groups is 1. The molecule has 0 radical (unpaired) electrons. The van der Waals surface area contributed by atoms with E-state index >= 15 is 0 Å². The molecule has 1 aliphatic rings. The van der Waals surface area contributed by atoms with E-state index in [1.807, 2.05) is 30.3 Å². The van der Waals surface area contributed by atoms with Crippen LogP contribution >= 0.6 is 0 Å². The zero-order valence-electron chi connectivity index (χ0n) is 9.27. The van der Waals surface area contributed by atoms with Crippen LogP contribution in [0.2, 0.25) is 0 Å². The average Bonchev–Trinajstić information content (AvgIpc) is 3.05. The van der Waals surface area contributed by atoms with Crippen molar-refractivity contribution in [3.8, 4) is 6.07 Å². The van der Waals surface area contributed by atoms with E-state index in [2.05, 4.69) is 6.07 Å². The van der Waals surface area contributed by atoms with Crippen molar-refractivity contribution in [1.29, 1.82) is 5.26 Å². The fraction of sp³-hybridized carbons (Fsp3) is 0.231. The minimum absolute atomic E-state index is 0.172. The zero-order chi connectivity index (χ0) is 11.8. The van der Waals surface area contributed by atoms with E-state index in [4.69, 9.17) is 5.26 Å². The van der Waals surface area contributed by atoms with Crippen LogP contribution in [-0.4, -0.2) is 24.9 Å². The van der Waals surface area contributed by atoms with Crippen LogP contribution < -0.4 is 0 Å². The normalized spacial score (nSPS) is 21.9. The summed E-state index contributed by atoms with van der Waals surface area (Å²) in [7, 11) is 3.33. The maximum atomic E-state index is 11.9. The van der Waals surface area contributed by atoms with Gasteiger partial charge in [0.1, 0.15) is 0 Å². The third kappa shape index (κ3) is 1.40. The van der Waals surface area contributed by atoms with E-state index in [1.54, 1.807) is 20.2 Å². The Labute approximate surface area is 94.6 Å². The van der Waals surface area contributed by atoms with E-state index in [0.717, 1.165) is 11.1 Å². The summed E-state index contributed by atoms with van der Waals surface area (Å²) in [6, 6.07) is 11.6. The van der Waals surface area contributed by atoms with Crippen LogP contribution in [0, 0.1) is 16.7 Å². The molecule has 0 heterocycles. The Morgan fingerprint density at radius 2 is 1.94 bits per heavy atom. The summed E-state index contributed by atoms with van der Waals surface area (Å²) in [5.74, 6) is -0.172. The van der Waals surface area contributed by atoms with Crippen LogP contribution in [0.5, 0.6) is 0 Å². The second-order valence-corrected chi connectivity index (χ2v) is 4.04. The van der Waals surface area contributed by atoms with Gasteiger partial charge in [0.2, 0.25) is 0 Å². The van der Waals surface area contributed by atoms with Gasteiger partial charge in [-0.05, 0) is 17.2 Å². The molecular weight excluding hydrogens is 200 g/mol. The predicted molar refractivity (Wildman–Crippen MR) is 61.2 cm³/mol. The van der Waals surface area contributed by atoms with Crippen molar-refractivity contribution in [1.82, 2.24) is 4.90 Å². The van der Waals surface area contributed by atoms with Gasteiger partial charge >= 0.3 is 0 Å². The number of rotatable bonds is 2. The number of amides is 1. The lowest BCUT2D eigenvalue weighted by Crippen LogP contribution is -2.31. The molecule has 0 aliphatic heterocycles. The van der Waals surface area contributed by atoms with Crippen LogP contribution in [0.1, 0.15) is 5.56 Å². The lowest BCUT2D eigenvalue weighted by molar-refractivity contribution is -0.131. The van der Waals surface area contributed by atoms with Crippen molar-refractivity contribution in [2.24, 2.45) is 5.41 Å². The fourth-order valence-electron chi connectivity index (χ4n) is 1.78. The molecule has 0 saturated heterocycles. The molecule has 80 valence electrons. The van der Waals surface area contributed by atoms with Gasteiger partial charge < -0.3 is 4.90 Å². The zero-order valence-corrected chi connectivity index (χ0v) is 9.27. The first-order valence-corrected chi connectivity index (χ1v) is 5.03. The van der Waals surface area contributed by atoms with Crippen LogP contribution in [-0.2, 0) is 4.79 Å². The Balaban J connectivity index is 2.28. The Kier molecular flexibility index (Phi) is 2.28. The Morgan fingerprint density at radius 3 is 2.44 bits per heavy atom. The minimum Gasteiger partial charge on any atom is -0.347 e. The number of carbonyl (C=O) groups excluding carboxylic acids is 1. The monoisotopic (exact) mass is 212 g/mol. The van der Waals surface area contributed by atoms with Gasteiger partial charge in [-0.1, -0.05) is 30.3 Å². The molecule has 0 saturated carbocycles. The van der Waals surface area contributed by atoms with Gasteiger partial charge in [-0.15, -0.1) is 0 Å². The van der Waals surface area contributed by atoms with Gasteiger partial charge in [0, 0.05) is 14.1 Å². The molecule has 3 nitrogen and oxygen atoms in total. The second-order valence-electron chi connectivity index (χ2n) is 4.04. The lowest BCUT2D eigenvalue weighted by atomic mass is 9.96. The van der Waals surface area contributed by atoms with Crippen LogP contribution in [0.15, 0.2) is 36.4 Å². The van der Waals surface area contributed by atoms with E-state index in [0.29, 0.717) is 0 Å². The van der Waals surface area contributed by atoms with Crippen molar-refractivity contribution >= 4 is 11.5 Å². The van der Waals surface area contributed by atoms with Gasteiger partial charge in [-0.25, -0.2) is 0 Å². The third-order valence-electron chi connectivity index (χ3n) is 2.71. The molecule has 1 aliphatic carbocycles. The highest BCUT2D eigenvalue weighted by molar-refractivity contribution is 6.10. The molecule has 0 unspecified atom stereocenters. The summed E-state index contributed by atoms with van der Waals surface area (Å²) < 4.78 is 0. The van der Waals surface area contributed by atoms with Crippen molar-refractivity contribution in [2.75, 3.05) is 14.1 Å². The number of hydrogen-bond acceptors (Lipinski definition) is 2. The van der Waals surface area contributed by atoms with Gasteiger partial charge in [0.05, 0.1) is 6.07 Å². The summed E-state index contributed by atoms with van der Waals surface area (Å²) in [4.78, 5) is 13.3. The van der Waals surface area contributed by atoms with Gasteiger partial charge in [0.15, 0.2) is 5.41 Å². The second kappa shape index (κ2) is 3.49. The molecule has 16 heavy (non-hydrogen) atoms. The van der Waals surface area contributed by atoms with E-state index in [1.165, 1.54) is 4.90 Å². The van der Waals surface area contributed by atoms with E-state index in [9.17, 15) is 4.79 Å². The fourth-order valence-corrected chi connectivity index (χ4v) is 1.78. The molecular formula is C13H12N2O. The maximum absolute atomic E-state index is 11.9. The molecule has 1 amide bonds. The quantitative estimate of drug-likeness (QED) is 0.748. The summed E-state index contributed by atoms with van der Waals surface area (Å²) in [5.41, 5.74) is 0.735. The predicted octanol–water partition coefficient (Wildman–Crippen LogP) is 1.68. The van der Waals surface area contributed by atoms with Crippen LogP contribution in [0.4, 0.5) is 0 Å². The Bertz CT molecular complexity index is 496. The van der Waals surface area contributed by atoms with Crippen molar-refractivity contribution in [3.05, 3.63) is 42.0 Å². The SMILES string of the molecule is CN(C)C(=O)[C@]1(C#N)C=C1c1ccccc1. The molecule has 3 heteroatoms. The smallest absolute Gasteiger partial charge is 0.251 e. The van der Waals surface area contributed by atoms with E-state index in [-0.39, 0.29) is 5.91 Å². The molecule has 0 spiro atoms. The summed E-state index contributed by atoms with van der Waals surface area (Å²) in [6.45, 7) is 0. The Hall–Kier alpha value is -2.08. The highest BCUT2D eigenvalue weighted by Crippen LogP contribution is 2.51. The van der Waals surface area contributed by atoms with Crippen molar-refractivity contribution < 1.29 is 4.79 Å². The highest BCUT2D eigenvalue weighted by atomic mass is 16.2. The standard InChI is InChI=1S/C13H12N2O/c1-15(2)12(16)13(9-14)8-11(13)10-6-4-3-5-7-10/h3-8H,1-2H3/t13-/m0/s1. The van der Waals surface area contributed by atoms with E-state index < -0.39 is 5.41 Å². The van der Waals surface area contributed by atoms with Gasteiger partial charge in [0.25, 0.3) is 5.91 Å². The molecule has 2 rings (SSSR count). The molecule has 0 N–H and O–H groups in total. The number of nitriles is 1. The maximum Gasteiger partial charge on any atom is 0.251 e. The number of hydrogen-bond donors (Lipinski definition) is 0. The van der Waals surface area contributed by atoms with Crippen LogP contribution in [0.3, 0.4) is 0 Å².